The summed E-state index contributed by atoms with van der Waals surface area (Å²) >= 11 is 0. The first-order chi connectivity index (χ1) is 8.89. The molecule has 0 radical (unpaired) electrons. The topological polar surface area (TPSA) is 21.3 Å². The maximum Gasteiger partial charge on any atom is 0.131 e. The first-order valence-electron chi connectivity index (χ1n) is 6.73. The molecule has 0 spiro atoms. The molecule has 19 heavy (non-hydrogen) atoms. The molecule has 0 aromatic heterocycles. The number of morpholine rings is 1. The number of hydrogen-bond acceptors (Lipinski definition) is 2. The molecule has 106 valence electrons. The molecule has 4 heteroatoms. The monoisotopic (exact) mass is 269 g/mol. The fraction of sp³-hybridized carbons (Fsp3) is 0.600. The average Bonchev–Trinajstić information content (AvgIpc) is 2.26. The van der Waals surface area contributed by atoms with Gasteiger partial charge in [-0.3, -0.25) is 0 Å². The summed E-state index contributed by atoms with van der Waals surface area (Å²) in [5.74, 6) is -0.598. The molecule has 2 atom stereocenters. The van der Waals surface area contributed by atoms with Crippen molar-refractivity contribution >= 4 is 0 Å². The van der Waals surface area contributed by atoms with Crippen molar-refractivity contribution < 1.29 is 13.5 Å². The average molecular weight is 269 g/mol. The summed E-state index contributed by atoms with van der Waals surface area (Å²) in [4.78, 5) is 0. The lowest BCUT2D eigenvalue weighted by Crippen LogP contribution is -2.49. The zero-order valence-corrected chi connectivity index (χ0v) is 11.7. The van der Waals surface area contributed by atoms with E-state index in [0.717, 1.165) is 19.0 Å². The minimum atomic E-state index is -0.560. The molecule has 1 heterocycles. The van der Waals surface area contributed by atoms with Gasteiger partial charge in [-0.1, -0.05) is 19.9 Å². The van der Waals surface area contributed by atoms with Gasteiger partial charge in [0.05, 0.1) is 11.7 Å². The maximum absolute atomic E-state index is 13.8. The second-order valence-electron chi connectivity index (χ2n) is 5.95. The van der Waals surface area contributed by atoms with E-state index in [9.17, 15) is 8.78 Å². The standard InChI is InChI=1S/C15H21F2NO/c1-10(2)7-15(3)9-18-8-14(19-15)12-5-4-11(16)6-13(12)17/h4-6,10,14,18H,7-9H2,1-3H3. The maximum atomic E-state index is 13.8. The van der Waals surface area contributed by atoms with Crippen molar-refractivity contribution in [2.45, 2.75) is 38.9 Å². The van der Waals surface area contributed by atoms with Gasteiger partial charge in [-0.15, -0.1) is 0 Å². The lowest BCUT2D eigenvalue weighted by Gasteiger charge is -2.40. The van der Waals surface area contributed by atoms with Crippen LogP contribution in [0, 0.1) is 17.6 Å². The highest BCUT2D eigenvalue weighted by atomic mass is 19.1. The van der Waals surface area contributed by atoms with Gasteiger partial charge in [0.1, 0.15) is 11.6 Å². The van der Waals surface area contributed by atoms with E-state index >= 15 is 0 Å². The molecule has 1 aromatic rings. The van der Waals surface area contributed by atoms with Crippen molar-refractivity contribution in [1.82, 2.24) is 5.32 Å². The van der Waals surface area contributed by atoms with Crippen LogP contribution >= 0.6 is 0 Å². The number of ether oxygens (including phenoxy) is 1. The summed E-state index contributed by atoms with van der Waals surface area (Å²) in [5.41, 5.74) is 0.112. The molecule has 1 aliphatic heterocycles. The summed E-state index contributed by atoms with van der Waals surface area (Å²) in [6, 6.07) is 3.65. The summed E-state index contributed by atoms with van der Waals surface area (Å²) in [5, 5.41) is 3.29. The summed E-state index contributed by atoms with van der Waals surface area (Å²) in [6.07, 6.45) is 0.539. The quantitative estimate of drug-likeness (QED) is 0.907. The molecule has 1 aromatic carbocycles. The Morgan fingerprint density at radius 3 is 2.79 bits per heavy atom. The molecule has 2 unspecified atom stereocenters. The molecular formula is C15H21F2NO. The molecule has 2 nitrogen and oxygen atoms in total. The second-order valence-corrected chi connectivity index (χ2v) is 5.95. The fourth-order valence-corrected chi connectivity index (χ4v) is 2.81. The highest BCUT2D eigenvalue weighted by Gasteiger charge is 2.35. The Bertz CT molecular complexity index is 450. The highest BCUT2D eigenvalue weighted by molar-refractivity contribution is 5.22. The van der Waals surface area contributed by atoms with Crippen LogP contribution in [0.15, 0.2) is 18.2 Å². The van der Waals surface area contributed by atoms with Gasteiger partial charge in [0.2, 0.25) is 0 Å². The Labute approximate surface area is 113 Å². The Morgan fingerprint density at radius 1 is 1.42 bits per heavy atom. The van der Waals surface area contributed by atoms with E-state index in [1.807, 2.05) is 6.92 Å². The van der Waals surface area contributed by atoms with E-state index in [-0.39, 0.29) is 11.7 Å². The molecule has 0 saturated carbocycles. The second kappa shape index (κ2) is 5.55. The number of halogens is 2. The van der Waals surface area contributed by atoms with E-state index in [0.29, 0.717) is 18.0 Å². The van der Waals surface area contributed by atoms with Crippen LogP contribution in [0.4, 0.5) is 8.78 Å². The largest absolute Gasteiger partial charge is 0.365 e. The molecule has 1 aliphatic rings. The normalized spacial score (nSPS) is 27.8. The fourth-order valence-electron chi connectivity index (χ4n) is 2.81. The molecule has 1 fully saturated rings. The van der Waals surface area contributed by atoms with E-state index in [1.54, 1.807) is 0 Å². The lowest BCUT2D eigenvalue weighted by molar-refractivity contribution is -0.118. The number of nitrogens with one attached hydrogen (secondary N) is 1. The Morgan fingerprint density at radius 2 is 2.16 bits per heavy atom. The van der Waals surface area contributed by atoms with Gasteiger partial charge in [-0.2, -0.15) is 0 Å². The van der Waals surface area contributed by atoms with Gasteiger partial charge >= 0.3 is 0 Å². The Balaban J connectivity index is 2.17. The van der Waals surface area contributed by atoms with Crippen molar-refractivity contribution in [2.24, 2.45) is 5.92 Å². The molecule has 0 amide bonds. The minimum Gasteiger partial charge on any atom is -0.365 e. The third-order valence-corrected chi connectivity index (χ3v) is 3.40. The van der Waals surface area contributed by atoms with Crippen LogP contribution in [0.2, 0.25) is 0 Å². The first-order valence-corrected chi connectivity index (χ1v) is 6.73. The van der Waals surface area contributed by atoms with Gasteiger partial charge in [0, 0.05) is 24.7 Å². The molecular weight excluding hydrogens is 248 g/mol. The summed E-state index contributed by atoms with van der Waals surface area (Å²) in [7, 11) is 0. The third kappa shape index (κ3) is 3.51. The van der Waals surface area contributed by atoms with Gasteiger partial charge < -0.3 is 10.1 Å². The van der Waals surface area contributed by atoms with E-state index in [1.165, 1.54) is 12.1 Å². The molecule has 1 saturated heterocycles. The van der Waals surface area contributed by atoms with E-state index in [2.05, 4.69) is 19.2 Å². The van der Waals surface area contributed by atoms with Crippen LogP contribution in [-0.4, -0.2) is 18.7 Å². The van der Waals surface area contributed by atoms with Crippen LogP contribution in [0.3, 0.4) is 0 Å². The predicted molar refractivity (Wildman–Crippen MR) is 70.9 cm³/mol. The first kappa shape index (κ1) is 14.4. The Hall–Kier alpha value is -1.00. The smallest absolute Gasteiger partial charge is 0.131 e. The van der Waals surface area contributed by atoms with Crippen molar-refractivity contribution in [2.75, 3.05) is 13.1 Å². The van der Waals surface area contributed by atoms with Crippen molar-refractivity contribution in [1.29, 1.82) is 0 Å². The molecule has 0 bridgehead atoms. The van der Waals surface area contributed by atoms with Crippen molar-refractivity contribution in [3.8, 4) is 0 Å². The van der Waals surface area contributed by atoms with E-state index in [4.69, 9.17) is 4.74 Å². The van der Waals surface area contributed by atoms with Crippen molar-refractivity contribution in [3.63, 3.8) is 0 Å². The molecule has 1 N–H and O–H groups in total. The van der Waals surface area contributed by atoms with E-state index < -0.39 is 11.6 Å². The van der Waals surface area contributed by atoms with Gasteiger partial charge in [0.25, 0.3) is 0 Å². The summed E-state index contributed by atoms with van der Waals surface area (Å²) in [6.45, 7) is 7.61. The van der Waals surface area contributed by atoms with Crippen LogP contribution in [0.25, 0.3) is 0 Å². The zero-order chi connectivity index (χ0) is 14.0. The van der Waals surface area contributed by atoms with Crippen LogP contribution in [0.5, 0.6) is 0 Å². The molecule has 0 aliphatic carbocycles. The Kier molecular flexibility index (Phi) is 4.21. The van der Waals surface area contributed by atoms with Crippen LogP contribution in [-0.2, 0) is 4.74 Å². The van der Waals surface area contributed by atoms with Gasteiger partial charge in [-0.05, 0) is 25.3 Å². The predicted octanol–water partition coefficient (Wildman–Crippen LogP) is 3.43. The van der Waals surface area contributed by atoms with Crippen LogP contribution in [0.1, 0.15) is 38.9 Å². The van der Waals surface area contributed by atoms with Crippen LogP contribution < -0.4 is 5.32 Å². The zero-order valence-electron chi connectivity index (χ0n) is 11.7. The molecule has 2 rings (SSSR count). The third-order valence-electron chi connectivity index (χ3n) is 3.40. The van der Waals surface area contributed by atoms with Gasteiger partial charge in [0.15, 0.2) is 0 Å². The number of rotatable bonds is 3. The van der Waals surface area contributed by atoms with Gasteiger partial charge in [-0.25, -0.2) is 8.78 Å². The SMILES string of the molecule is CC(C)CC1(C)CNCC(c2ccc(F)cc2F)O1. The number of hydrogen-bond donors (Lipinski definition) is 1. The van der Waals surface area contributed by atoms with Crippen molar-refractivity contribution in [3.05, 3.63) is 35.4 Å². The lowest BCUT2D eigenvalue weighted by atomic mass is 9.91. The minimum absolute atomic E-state index is 0.308. The highest BCUT2D eigenvalue weighted by Crippen LogP contribution is 2.32. The number of benzene rings is 1. The summed E-state index contributed by atoms with van der Waals surface area (Å²) < 4.78 is 32.8.